The van der Waals surface area contributed by atoms with Crippen molar-refractivity contribution in [2.24, 2.45) is 0 Å². The zero-order chi connectivity index (χ0) is 14.2. The maximum atomic E-state index is 12.3. The van der Waals surface area contributed by atoms with Crippen LogP contribution in [0, 0.1) is 0 Å². The fraction of sp³-hybridized carbons (Fsp3) is 0.231. The SMILES string of the molecule is CSC1Cc2cccc(NS(=O)(=O)c3cccs3)c2N1. The Kier molecular flexibility index (Phi) is 3.66. The largest absolute Gasteiger partial charge is 0.371 e. The number of sulfonamides is 1. The predicted molar refractivity (Wildman–Crippen MR) is 86.2 cm³/mol. The number of rotatable bonds is 4. The normalized spacial score (nSPS) is 17.6. The lowest BCUT2D eigenvalue weighted by atomic mass is 10.1. The second-order valence-corrected chi connectivity index (χ2v) is 8.35. The van der Waals surface area contributed by atoms with Gasteiger partial charge in [-0.1, -0.05) is 18.2 Å². The summed E-state index contributed by atoms with van der Waals surface area (Å²) in [4.78, 5) is 0. The van der Waals surface area contributed by atoms with Crippen molar-refractivity contribution in [2.45, 2.75) is 16.0 Å². The Morgan fingerprint density at radius 3 is 2.90 bits per heavy atom. The minimum absolute atomic E-state index is 0.303. The zero-order valence-corrected chi connectivity index (χ0v) is 13.2. The molecule has 1 aromatic carbocycles. The van der Waals surface area contributed by atoms with E-state index in [9.17, 15) is 8.42 Å². The number of thiophene rings is 1. The summed E-state index contributed by atoms with van der Waals surface area (Å²) in [7, 11) is -3.49. The van der Waals surface area contributed by atoms with Crippen LogP contribution in [0.1, 0.15) is 5.56 Å². The molecule has 1 aliphatic heterocycles. The second kappa shape index (κ2) is 5.31. The first-order chi connectivity index (χ1) is 9.60. The summed E-state index contributed by atoms with van der Waals surface area (Å²) in [5, 5.41) is 5.42. The molecule has 3 rings (SSSR count). The summed E-state index contributed by atoms with van der Waals surface area (Å²) >= 11 is 2.94. The maximum Gasteiger partial charge on any atom is 0.271 e. The summed E-state index contributed by atoms with van der Waals surface area (Å²) in [6, 6.07) is 9.04. The highest BCUT2D eigenvalue weighted by atomic mass is 32.2. The van der Waals surface area contributed by atoms with Crippen LogP contribution in [0.25, 0.3) is 0 Å². The fourth-order valence-corrected chi connectivity index (χ4v) is 4.84. The van der Waals surface area contributed by atoms with Gasteiger partial charge in [-0.2, -0.15) is 0 Å². The molecule has 0 radical (unpaired) electrons. The minimum Gasteiger partial charge on any atom is -0.371 e. The Balaban J connectivity index is 1.92. The molecule has 1 unspecified atom stereocenters. The van der Waals surface area contributed by atoms with Gasteiger partial charge in [-0.05, 0) is 29.3 Å². The molecule has 0 saturated carbocycles. The first-order valence-corrected chi connectivity index (χ1v) is 9.73. The van der Waals surface area contributed by atoms with Gasteiger partial charge < -0.3 is 5.32 Å². The van der Waals surface area contributed by atoms with Gasteiger partial charge in [0, 0.05) is 6.42 Å². The third-order valence-electron chi connectivity index (χ3n) is 3.15. The molecule has 4 nitrogen and oxygen atoms in total. The van der Waals surface area contributed by atoms with Crippen LogP contribution in [0.2, 0.25) is 0 Å². The molecule has 0 saturated heterocycles. The molecule has 1 atom stereocenters. The van der Waals surface area contributed by atoms with E-state index in [2.05, 4.69) is 10.0 Å². The van der Waals surface area contributed by atoms with Gasteiger partial charge in [0.2, 0.25) is 0 Å². The van der Waals surface area contributed by atoms with Gasteiger partial charge in [0.25, 0.3) is 10.0 Å². The lowest BCUT2D eigenvalue weighted by Gasteiger charge is -2.12. The summed E-state index contributed by atoms with van der Waals surface area (Å²) in [5.41, 5.74) is 2.66. The van der Waals surface area contributed by atoms with E-state index >= 15 is 0 Å². The molecule has 7 heteroatoms. The van der Waals surface area contributed by atoms with E-state index in [0.29, 0.717) is 15.3 Å². The van der Waals surface area contributed by atoms with Crippen molar-refractivity contribution in [3.05, 3.63) is 41.3 Å². The van der Waals surface area contributed by atoms with E-state index in [0.717, 1.165) is 17.7 Å². The van der Waals surface area contributed by atoms with Gasteiger partial charge in [-0.15, -0.1) is 23.1 Å². The predicted octanol–water partition coefficient (Wildman–Crippen LogP) is 3.21. The molecule has 2 heterocycles. The third-order valence-corrected chi connectivity index (χ3v) is 6.77. The Hall–Kier alpha value is -1.18. The van der Waals surface area contributed by atoms with Gasteiger partial charge in [0.1, 0.15) is 4.21 Å². The topological polar surface area (TPSA) is 58.2 Å². The zero-order valence-electron chi connectivity index (χ0n) is 10.8. The lowest BCUT2D eigenvalue weighted by Crippen LogP contribution is -2.14. The molecule has 0 aliphatic carbocycles. The maximum absolute atomic E-state index is 12.3. The Labute approximate surface area is 126 Å². The van der Waals surface area contributed by atoms with Crippen LogP contribution in [0.15, 0.2) is 39.9 Å². The van der Waals surface area contributed by atoms with E-state index in [1.165, 1.54) is 11.3 Å². The molecule has 0 bridgehead atoms. The van der Waals surface area contributed by atoms with E-state index in [1.807, 2.05) is 18.4 Å². The van der Waals surface area contributed by atoms with Crippen LogP contribution in [0.3, 0.4) is 0 Å². The highest BCUT2D eigenvalue weighted by molar-refractivity contribution is 7.99. The van der Waals surface area contributed by atoms with Crippen molar-refractivity contribution in [1.29, 1.82) is 0 Å². The number of thioether (sulfide) groups is 1. The van der Waals surface area contributed by atoms with Crippen LogP contribution in [0.5, 0.6) is 0 Å². The van der Waals surface area contributed by atoms with Crippen LogP contribution in [0.4, 0.5) is 11.4 Å². The van der Waals surface area contributed by atoms with Crippen molar-refractivity contribution in [2.75, 3.05) is 16.3 Å². The van der Waals surface area contributed by atoms with Crippen LogP contribution in [-0.2, 0) is 16.4 Å². The average molecular weight is 326 g/mol. The number of para-hydroxylation sites is 1. The second-order valence-electron chi connectivity index (χ2n) is 4.45. The summed E-state index contributed by atoms with van der Waals surface area (Å²) < 4.78 is 27.6. The molecular weight excluding hydrogens is 312 g/mol. The quantitative estimate of drug-likeness (QED) is 0.906. The van der Waals surface area contributed by atoms with Crippen LogP contribution < -0.4 is 10.0 Å². The monoisotopic (exact) mass is 326 g/mol. The summed E-state index contributed by atoms with van der Waals surface area (Å²) in [6.45, 7) is 0. The number of hydrogen-bond donors (Lipinski definition) is 2. The fourth-order valence-electron chi connectivity index (χ4n) is 2.19. The molecule has 1 aliphatic rings. The van der Waals surface area contributed by atoms with Crippen molar-refractivity contribution >= 4 is 44.5 Å². The molecule has 0 amide bonds. The van der Waals surface area contributed by atoms with Crippen molar-refractivity contribution in [1.82, 2.24) is 0 Å². The van der Waals surface area contributed by atoms with Crippen molar-refractivity contribution < 1.29 is 8.42 Å². The molecule has 0 spiro atoms. The van der Waals surface area contributed by atoms with Crippen LogP contribution in [-0.4, -0.2) is 20.0 Å². The van der Waals surface area contributed by atoms with Crippen LogP contribution >= 0.6 is 23.1 Å². The third kappa shape index (κ3) is 2.53. The molecule has 106 valence electrons. The van der Waals surface area contributed by atoms with E-state index in [1.54, 1.807) is 35.3 Å². The Morgan fingerprint density at radius 1 is 1.35 bits per heavy atom. The Morgan fingerprint density at radius 2 is 2.20 bits per heavy atom. The number of hydrogen-bond acceptors (Lipinski definition) is 5. The smallest absolute Gasteiger partial charge is 0.271 e. The molecule has 20 heavy (non-hydrogen) atoms. The van der Waals surface area contributed by atoms with E-state index in [4.69, 9.17) is 0 Å². The lowest BCUT2D eigenvalue weighted by molar-refractivity contribution is 0.603. The molecular formula is C13H14N2O2S3. The number of anilines is 2. The van der Waals surface area contributed by atoms with Crippen molar-refractivity contribution in [3.63, 3.8) is 0 Å². The highest BCUT2D eigenvalue weighted by Gasteiger charge is 2.24. The van der Waals surface area contributed by atoms with Gasteiger partial charge in [-0.3, -0.25) is 4.72 Å². The standard InChI is InChI=1S/C13H14N2O2S3/c1-18-11-8-9-4-2-5-10(13(9)14-11)15-20(16,17)12-6-3-7-19-12/h2-7,11,14-15H,8H2,1H3. The van der Waals surface area contributed by atoms with Gasteiger partial charge in [0.15, 0.2) is 0 Å². The highest BCUT2D eigenvalue weighted by Crippen LogP contribution is 2.37. The van der Waals surface area contributed by atoms with Gasteiger partial charge >= 0.3 is 0 Å². The number of nitrogens with one attached hydrogen (secondary N) is 2. The first-order valence-electron chi connectivity index (χ1n) is 6.08. The minimum atomic E-state index is -3.49. The average Bonchev–Trinajstić information content (AvgIpc) is 3.08. The molecule has 1 aromatic heterocycles. The molecule has 2 N–H and O–H groups in total. The van der Waals surface area contributed by atoms with E-state index in [-0.39, 0.29) is 0 Å². The van der Waals surface area contributed by atoms with Gasteiger partial charge in [-0.25, -0.2) is 8.42 Å². The number of fused-ring (bicyclic) bond motifs is 1. The van der Waals surface area contributed by atoms with Crippen molar-refractivity contribution in [3.8, 4) is 0 Å². The summed E-state index contributed by atoms with van der Waals surface area (Å²) in [6.07, 6.45) is 2.95. The van der Waals surface area contributed by atoms with E-state index < -0.39 is 10.0 Å². The molecule has 2 aromatic rings. The molecule has 0 fully saturated rings. The van der Waals surface area contributed by atoms with Gasteiger partial charge in [0.05, 0.1) is 16.7 Å². The summed E-state index contributed by atoms with van der Waals surface area (Å²) in [5.74, 6) is 0. The number of benzene rings is 1. The first kappa shape index (κ1) is 13.8. The Bertz CT molecular complexity index is 711.